The van der Waals surface area contributed by atoms with E-state index in [1.807, 2.05) is 4.90 Å². The van der Waals surface area contributed by atoms with Gasteiger partial charge in [0, 0.05) is 29.2 Å². The number of rotatable bonds is 4. The SMILES string of the molecule is O=C(c1ccc(Cl)cc1)N1CCc2c(ncnc2NCC23CC4CC(CC(C4)C2)C3)C1. The quantitative estimate of drug-likeness (QED) is 0.736. The van der Waals surface area contributed by atoms with Gasteiger partial charge in [0.2, 0.25) is 0 Å². The van der Waals surface area contributed by atoms with E-state index in [-0.39, 0.29) is 5.91 Å². The molecule has 1 aliphatic heterocycles. The van der Waals surface area contributed by atoms with Crippen molar-refractivity contribution in [2.75, 3.05) is 18.4 Å². The van der Waals surface area contributed by atoms with Crippen LogP contribution in [0.15, 0.2) is 30.6 Å². The number of nitrogens with zero attached hydrogens (tertiary/aromatic N) is 3. The first kappa shape index (κ1) is 19.5. The van der Waals surface area contributed by atoms with Gasteiger partial charge in [-0.25, -0.2) is 9.97 Å². The maximum absolute atomic E-state index is 12.9. The van der Waals surface area contributed by atoms with Crippen LogP contribution in [0.3, 0.4) is 0 Å². The molecule has 0 atom stereocenters. The molecule has 6 heteroatoms. The third kappa shape index (κ3) is 3.61. The third-order valence-electron chi connectivity index (χ3n) is 8.18. The zero-order chi connectivity index (χ0) is 21.0. The van der Waals surface area contributed by atoms with Crippen LogP contribution >= 0.6 is 11.6 Å². The van der Waals surface area contributed by atoms with Gasteiger partial charge in [0.05, 0.1) is 12.2 Å². The predicted octanol–water partition coefficient (Wildman–Crippen LogP) is 4.96. The van der Waals surface area contributed by atoms with Crippen LogP contribution in [0.1, 0.15) is 60.1 Å². The molecule has 1 aromatic heterocycles. The molecule has 2 heterocycles. The van der Waals surface area contributed by atoms with Crippen molar-refractivity contribution >= 4 is 23.3 Å². The Hall–Kier alpha value is -2.14. The van der Waals surface area contributed by atoms with Gasteiger partial charge in [0.1, 0.15) is 12.1 Å². The minimum absolute atomic E-state index is 0.0315. The summed E-state index contributed by atoms with van der Waals surface area (Å²) in [6.45, 7) is 2.26. The highest BCUT2D eigenvalue weighted by Gasteiger charge is 2.50. The van der Waals surface area contributed by atoms with Crippen molar-refractivity contribution in [3.63, 3.8) is 0 Å². The van der Waals surface area contributed by atoms with Crippen molar-refractivity contribution in [2.24, 2.45) is 23.2 Å². The minimum Gasteiger partial charge on any atom is -0.369 e. The Balaban J connectivity index is 1.16. The lowest BCUT2D eigenvalue weighted by atomic mass is 9.49. The molecule has 5 aliphatic rings. The zero-order valence-corrected chi connectivity index (χ0v) is 18.6. The Morgan fingerprint density at radius 1 is 1.06 bits per heavy atom. The Morgan fingerprint density at radius 2 is 1.74 bits per heavy atom. The summed E-state index contributed by atoms with van der Waals surface area (Å²) in [4.78, 5) is 23.9. The first-order chi connectivity index (χ1) is 15.1. The monoisotopic (exact) mass is 436 g/mol. The second-order valence-electron chi connectivity index (χ2n) is 10.4. The average Bonchev–Trinajstić information content (AvgIpc) is 2.76. The van der Waals surface area contributed by atoms with Gasteiger partial charge in [0.15, 0.2) is 0 Å². The molecule has 7 rings (SSSR count). The van der Waals surface area contributed by atoms with Crippen LogP contribution < -0.4 is 5.32 Å². The van der Waals surface area contributed by atoms with E-state index in [9.17, 15) is 4.79 Å². The molecule has 4 fully saturated rings. The molecule has 0 saturated heterocycles. The number of hydrogen-bond donors (Lipinski definition) is 1. The Labute approximate surface area is 188 Å². The summed E-state index contributed by atoms with van der Waals surface area (Å²) in [6.07, 6.45) is 11.0. The van der Waals surface area contributed by atoms with Gasteiger partial charge in [-0.05, 0) is 92.4 Å². The van der Waals surface area contributed by atoms with Crippen molar-refractivity contribution in [1.82, 2.24) is 14.9 Å². The second kappa shape index (κ2) is 7.47. The van der Waals surface area contributed by atoms with Crippen LogP contribution in [0.25, 0.3) is 0 Å². The molecule has 1 amide bonds. The average molecular weight is 437 g/mol. The fourth-order valence-electron chi connectivity index (χ4n) is 7.23. The van der Waals surface area contributed by atoms with Crippen LogP contribution in [0.2, 0.25) is 5.02 Å². The van der Waals surface area contributed by atoms with Gasteiger partial charge in [-0.1, -0.05) is 11.6 Å². The molecule has 4 saturated carbocycles. The van der Waals surface area contributed by atoms with Crippen molar-refractivity contribution in [2.45, 2.75) is 51.5 Å². The van der Waals surface area contributed by atoms with E-state index < -0.39 is 0 Å². The van der Waals surface area contributed by atoms with E-state index in [0.717, 1.165) is 42.2 Å². The smallest absolute Gasteiger partial charge is 0.254 e. The molecule has 0 spiro atoms. The van der Waals surface area contributed by atoms with Gasteiger partial charge in [-0.15, -0.1) is 0 Å². The molecular formula is C25H29ClN4O. The lowest BCUT2D eigenvalue weighted by molar-refractivity contribution is -0.0444. The van der Waals surface area contributed by atoms with Gasteiger partial charge >= 0.3 is 0 Å². The fourth-order valence-corrected chi connectivity index (χ4v) is 7.36. The fraction of sp³-hybridized carbons (Fsp3) is 0.560. The van der Waals surface area contributed by atoms with Crippen molar-refractivity contribution in [3.8, 4) is 0 Å². The zero-order valence-electron chi connectivity index (χ0n) is 17.8. The number of halogens is 1. The molecule has 4 bridgehead atoms. The third-order valence-corrected chi connectivity index (χ3v) is 8.43. The summed E-state index contributed by atoms with van der Waals surface area (Å²) in [7, 11) is 0. The molecule has 4 aliphatic carbocycles. The molecule has 5 nitrogen and oxygen atoms in total. The minimum atomic E-state index is 0.0315. The summed E-state index contributed by atoms with van der Waals surface area (Å²) in [5.74, 6) is 3.89. The topological polar surface area (TPSA) is 58.1 Å². The summed E-state index contributed by atoms with van der Waals surface area (Å²) in [6, 6.07) is 7.11. The van der Waals surface area contributed by atoms with Gasteiger partial charge < -0.3 is 10.2 Å². The highest BCUT2D eigenvalue weighted by atomic mass is 35.5. The molecule has 1 aromatic carbocycles. The largest absolute Gasteiger partial charge is 0.369 e. The van der Waals surface area contributed by atoms with Crippen LogP contribution in [0.5, 0.6) is 0 Å². The molecule has 0 radical (unpaired) electrons. The van der Waals surface area contributed by atoms with Gasteiger partial charge in [-0.2, -0.15) is 0 Å². The van der Waals surface area contributed by atoms with Crippen LogP contribution in [-0.4, -0.2) is 33.9 Å². The molecular weight excluding hydrogens is 408 g/mol. The van der Waals surface area contributed by atoms with Gasteiger partial charge in [-0.3, -0.25) is 4.79 Å². The number of carbonyl (C=O) groups is 1. The van der Waals surface area contributed by atoms with Gasteiger partial charge in [0.25, 0.3) is 5.91 Å². The van der Waals surface area contributed by atoms with E-state index in [0.29, 0.717) is 29.1 Å². The number of carbonyl (C=O) groups excluding carboxylic acids is 1. The Kier molecular flexibility index (Phi) is 4.71. The molecule has 162 valence electrons. The predicted molar refractivity (Wildman–Crippen MR) is 121 cm³/mol. The first-order valence-electron chi connectivity index (χ1n) is 11.7. The highest BCUT2D eigenvalue weighted by Crippen LogP contribution is 2.59. The number of aromatic nitrogens is 2. The summed E-state index contributed by atoms with van der Waals surface area (Å²) >= 11 is 5.97. The Bertz CT molecular complexity index is 970. The highest BCUT2D eigenvalue weighted by molar-refractivity contribution is 6.30. The van der Waals surface area contributed by atoms with E-state index in [1.54, 1.807) is 30.6 Å². The lowest BCUT2D eigenvalue weighted by Crippen LogP contribution is -2.49. The van der Waals surface area contributed by atoms with Crippen LogP contribution in [0.4, 0.5) is 5.82 Å². The van der Waals surface area contributed by atoms with Crippen molar-refractivity contribution in [1.29, 1.82) is 0 Å². The number of nitrogens with one attached hydrogen (secondary N) is 1. The number of amides is 1. The number of anilines is 1. The maximum atomic E-state index is 12.9. The summed E-state index contributed by atoms with van der Waals surface area (Å²) < 4.78 is 0. The normalized spacial score (nSPS) is 30.9. The van der Waals surface area contributed by atoms with Crippen molar-refractivity contribution < 1.29 is 4.79 Å². The molecule has 1 N–H and O–H groups in total. The summed E-state index contributed by atoms with van der Waals surface area (Å²) in [5.41, 5.74) is 3.30. The summed E-state index contributed by atoms with van der Waals surface area (Å²) in [5, 5.41) is 4.38. The number of fused-ring (bicyclic) bond motifs is 1. The lowest BCUT2D eigenvalue weighted by Gasteiger charge is -2.57. The first-order valence-corrected chi connectivity index (χ1v) is 12.1. The second-order valence-corrected chi connectivity index (χ2v) is 10.8. The number of benzene rings is 1. The molecule has 31 heavy (non-hydrogen) atoms. The van der Waals surface area contributed by atoms with Crippen LogP contribution in [-0.2, 0) is 13.0 Å². The van der Waals surface area contributed by atoms with E-state index in [1.165, 1.54) is 44.1 Å². The van der Waals surface area contributed by atoms with E-state index in [2.05, 4.69) is 15.3 Å². The standard InChI is InChI=1S/C25H29ClN4O/c26-20-3-1-19(2-4-20)24(31)30-6-5-21-22(13-30)28-15-29-23(21)27-14-25-10-16-7-17(11-25)9-18(8-16)12-25/h1-4,15-18H,5-14H2,(H,27,28,29). The number of hydrogen-bond acceptors (Lipinski definition) is 4. The Morgan fingerprint density at radius 3 is 2.42 bits per heavy atom. The van der Waals surface area contributed by atoms with E-state index >= 15 is 0 Å². The van der Waals surface area contributed by atoms with Crippen LogP contribution in [0, 0.1) is 23.2 Å². The van der Waals surface area contributed by atoms with Crippen molar-refractivity contribution in [3.05, 3.63) is 52.4 Å². The van der Waals surface area contributed by atoms with E-state index in [4.69, 9.17) is 11.6 Å². The molecule has 0 unspecified atom stereocenters. The molecule has 2 aromatic rings. The maximum Gasteiger partial charge on any atom is 0.254 e.